The number of nitrogens with one attached hydrogen (secondary N) is 4. The Kier molecular flexibility index (Phi) is 18.0. The average molecular weight is 869 g/mol. The summed E-state index contributed by atoms with van der Waals surface area (Å²) in [4.78, 5) is 96.3. The number of ether oxygens (including phenoxy) is 5. The first-order chi connectivity index (χ1) is 29.0. The molecule has 4 bridgehead atoms. The molecule has 1 aliphatic rings. The number of hydrogen-bond donors (Lipinski definition) is 4. The highest BCUT2D eigenvalue weighted by Gasteiger charge is 2.36. The molecule has 0 saturated carbocycles. The van der Waals surface area contributed by atoms with Crippen LogP contribution < -0.4 is 30.7 Å². The van der Waals surface area contributed by atoms with Gasteiger partial charge in [-0.1, -0.05) is 12.1 Å². The molecule has 0 radical (unpaired) electrons. The lowest BCUT2D eigenvalue weighted by atomic mass is 9.93. The molecule has 2 aromatic rings. The van der Waals surface area contributed by atoms with Crippen LogP contribution in [-0.2, 0) is 44.6 Å². The number of methoxy groups -OCH3 is 3. The zero-order valence-corrected chi connectivity index (χ0v) is 38.0. The summed E-state index contributed by atoms with van der Waals surface area (Å²) in [5.41, 5.74) is 0.588. The third-order valence-electron chi connectivity index (χ3n) is 9.67. The number of unbranched alkanes of at least 4 members (excludes halogenated alkanes) is 1. The van der Waals surface area contributed by atoms with Gasteiger partial charge < -0.3 is 54.8 Å². The van der Waals surface area contributed by atoms with Gasteiger partial charge >= 0.3 is 18.2 Å². The minimum atomic E-state index is -1.37. The van der Waals surface area contributed by atoms with Gasteiger partial charge in [-0.15, -0.1) is 0 Å². The Hall–Kier alpha value is -6.07. The SMILES string of the molecule is COC(=O)[C@@H]1Cc2ccc(OC)c(c2)-c2cc(ccc2OC)[C@H](N(C)C(=O)[C@H](CCCCNC(=O)OC(C)(C)C)NC(=O)CCN(C)C(=O)OC(C)(C)C)C(=O)N[C@@H](C)C(=O)N1. The van der Waals surface area contributed by atoms with Crippen LogP contribution in [0.5, 0.6) is 11.5 Å². The summed E-state index contributed by atoms with van der Waals surface area (Å²) < 4.78 is 27.2. The number of hydrogen-bond acceptors (Lipinski definition) is 12. The topological polar surface area (TPSA) is 220 Å². The highest BCUT2D eigenvalue weighted by molar-refractivity contribution is 5.96. The second-order valence-electron chi connectivity index (χ2n) is 17.1. The van der Waals surface area contributed by atoms with Crippen LogP contribution in [0, 0.1) is 0 Å². The van der Waals surface area contributed by atoms with Crippen LogP contribution >= 0.6 is 0 Å². The number of benzene rings is 2. The first-order valence-corrected chi connectivity index (χ1v) is 20.5. The maximum atomic E-state index is 14.7. The van der Waals surface area contributed by atoms with Crippen molar-refractivity contribution in [3.05, 3.63) is 47.5 Å². The molecule has 1 heterocycles. The van der Waals surface area contributed by atoms with E-state index in [-0.39, 0.29) is 32.4 Å². The highest BCUT2D eigenvalue weighted by atomic mass is 16.6. The minimum Gasteiger partial charge on any atom is -0.496 e. The van der Waals surface area contributed by atoms with Gasteiger partial charge in [-0.25, -0.2) is 14.4 Å². The van der Waals surface area contributed by atoms with Gasteiger partial charge in [0, 0.05) is 51.2 Å². The summed E-state index contributed by atoms with van der Waals surface area (Å²) in [6.07, 6.45) is -0.464. The van der Waals surface area contributed by atoms with E-state index in [4.69, 9.17) is 23.7 Å². The average Bonchev–Trinajstić information content (AvgIpc) is 3.19. The highest BCUT2D eigenvalue weighted by Crippen LogP contribution is 2.40. The standard InChI is InChI=1S/C44H64N6O12/c1-26-37(52)48-32(40(55)60-12)24-27-16-18-33(58-10)29(23-27)30-25-28(17-19-34(30)59-11)36(38(53)46-26)50(9)39(54)31(15-13-14-21-45-41(56)61-43(2,3)4)47-35(51)20-22-49(8)42(57)62-44(5,6)7/h16-19,23,25-26,31-32,36H,13-15,20-22,24H2,1-12H3,(H,45,56)(H,46,53)(H,47,51)(H,48,52)/t26-,31-,32-,36-/m0/s1. The van der Waals surface area contributed by atoms with Crippen LogP contribution in [-0.4, -0.2) is 129 Å². The number of amides is 6. The Balaban J connectivity index is 2.06. The van der Waals surface area contributed by atoms with Crippen LogP contribution in [0.3, 0.4) is 0 Å². The summed E-state index contributed by atoms with van der Waals surface area (Å²) in [6, 6.07) is 5.37. The van der Waals surface area contributed by atoms with E-state index in [0.717, 1.165) is 0 Å². The first-order valence-electron chi connectivity index (χ1n) is 20.5. The van der Waals surface area contributed by atoms with E-state index < -0.39 is 77.2 Å². The predicted octanol–water partition coefficient (Wildman–Crippen LogP) is 4.03. The third kappa shape index (κ3) is 14.8. The largest absolute Gasteiger partial charge is 0.496 e. The van der Waals surface area contributed by atoms with Crippen LogP contribution in [0.15, 0.2) is 36.4 Å². The van der Waals surface area contributed by atoms with E-state index in [0.29, 0.717) is 46.6 Å². The maximum absolute atomic E-state index is 14.7. The second kappa shape index (κ2) is 22.1. The Morgan fingerprint density at radius 3 is 2.03 bits per heavy atom. The number of rotatable bonds is 14. The van der Waals surface area contributed by atoms with Crippen molar-refractivity contribution in [2.45, 2.75) is 116 Å². The number of carbonyl (C=O) groups excluding carboxylic acids is 7. The minimum absolute atomic E-state index is 0.0155. The van der Waals surface area contributed by atoms with E-state index in [1.165, 1.54) is 52.1 Å². The van der Waals surface area contributed by atoms with Gasteiger partial charge in [0.25, 0.3) is 0 Å². The first kappa shape index (κ1) is 50.3. The maximum Gasteiger partial charge on any atom is 0.410 e. The molecule has 18 heteroatoms. The molecule has 0 unspecified atom stereocenters. The predicted molar refractivity (Wildman–Crippen MR) is 229 cm³/mol. The van der Waals surface area contributed by atoms with E-state index in [9.17, 15) is 33.6 Å². The van der Waals surface area contributed by atoms with Gasteiger partial charge in [0.1, 0.15) is 46.9 Å². The van der Waals surface area contributed by atoms with E-state index in [1.807, 2.05) is 0 Å². The molecule has 2 aromatic carbocycles. The molecule has 3 rings (SSSR count). The van der Waals surface area contributed by atoms with Gasteiger partial charge in [-0.2, -0.15) is 0 Å². The number of nitrogens with zero attached hydrogens (tertiary/aromatic N) is 2. The lowest BCUT2D eigenvalue weighted by Gasteiger charge is -2.33. The lowest BCUT2D eigenvalue weighted by molar-refractivity contribution is -0.145. The number of likely N-dealkylation sites (N-methyl/N-ethyl adjacent to an activating group) is 1. The fourth-order valence-corrected chi connectivity index (χ4v) is 6.55. The number of alkyl carbamates (subject to hydrolysis) is 1. The summed E-state index contributed by atoms with van der Waals surface area (Å²) >= 11 is 0. The van der Waals surface area contributed by atoms with E-state index >= 15 is 0 Å². The monoisotopic (exact) mass is 868 g/mol. The van der Waals surface area contributed by atoms with Crippen molar-refractivity contribution in [3.8, 4) is 22.6 Å². The van der Waals surface area contributed by atoms with Crippen molar-refractivity contribution in [1.82, 2.24) is 31.1 Å². The van der Waals surface area contributed by atoms with Crippen molar-refractivity contribution in [3.63, 3.8) is 0 Å². The van der Waals surface area contributed by atoms with Gasteiger partial charge in [0.05, 0.1) is 21.3 Å². The molecular formula is C44H64N6O12. The molecule has 0 aliphatic carbocycles. The van der Waals surface area contributed by atoms with Crippen molar-refractivity contribution in [2.24, 2.45) is 0 Å². The Morgan fingerprint density at radius 2 is 1.44 bits per heavy atom. The molecule has 1 aliphatic heterocycles. The normalized spacial score (nSPS) is 17.1. The van der Waals surface area contributed by atoms with Gasteiger partial charge in [-0.05, 0) is 103 Å². The summed E-state index contributed by atoms with van der Waals surface area (Å²) in [7, 11) is 7.09. The molecule has 0 saturated heterocycles. The molecule has 0 spiro atoms. The molecule has 342 valence electrons. The molecular weight excluding hydrogens is 805 g/mol. The zero-order valence-electron chi connectivity index (χ0n) is 38.0. The summed E-state index contributed by atoms with van der Waals surface area (Å²) in [5.74, 6) is -2.44. The number of carbonyl (C=O) groups is 7. The lowest BCUT2D eigenvalue weighted by Crippen LogP contribution is -2.55. The number of fused-ring (bicyclic) bond motifs is 5. The molecule has 0 fully saturated rings. The molecule has 4 N–H and O–H groups in total. The summed E-state index contributed by atoms with van der Waals surface area (Å²) in [5, 5.41) is 10.9. The van der Waals surface area contributed by atoms with Crippen molar-refractivity contribution >= 4 is 41.8 Å². The fraction of sp³-hybridized carbons (Fsp3) is 0.568. The van der Waals surface area contributed by atoms with E-state index in [2.05, 4.69) is 21.3 Å². The fourth-order valence-electron chi connectivity index (χ4n) is 6.55. The van der Waals surface area contributed by atoms with Crippen LogP contribution in [0.25, 0.3) is 11.1 Å². The quantitative estimate of drug-likeness (QED) is 0.120. The van der Waals surface area contributed by atoms with Crippen LogP contribution in [0.4, 0.5) is 9.59 Å². The van der Waals surface area contributed by atoms with Crippen molar-refractivity contribution in [1.29, 1.82) is 0 Å². The zero-order chi connectivity index (χ0) is 46.5. The van der Waals surface area contributed by atoms with Crippen molar-refractivity contribution in [2.75, 3.05) is 48.5 Å². The Morgan fingerprint density at radius 1 is 0.823 bits per heavy atom. The van der Waals surface area contributed by atoms with E-state index in [1.54, 1.807) is 77.9 Å². The molecule has 18 nitrogen and oxygen atoms in total. The second-order valence-corrected chi connectivity index (χ2v) is 17.1. The third-order valence-corrected chi connectivity index (χ3v) is 9.67. The van der Waals surface area contributed by atoms with Crippen LogP contribution in [0.1, 0.15) is 91.3 Å². The molecule has 6 amide bonds. The molecule has 0 aromatic heterocycles. The molecule has 62 heavy (non-hydrogen) atoms. The Bertz CT molecular complexity index is 1940. The number of esters is 1. The van der Waals surface area contributed by atoms with Gasteiger partial charge in [0.15, 0.2) is 0 Å². The van der Waals surface area contributed by atoms with Crippen molar-refractivity contribution < 1.29 is 57.2 Å². The van der Waals surface area contributed by atoms with Gasteiger partial charge in [0.2, 0.25) is 23.6 Å². The smallest absolute Gasteiger partial charge is 0.410 e. The Labute approximate surface area is 364 Å². The van der Waals surface area contributed by atoms with Crippen LogP contribution in [0.2, 0.25) is 0 Å². The van der Waals surface area contributed by atoms with Gasteiger partial charge in [-0.3, -0.25) is 19.2 Å². The molecule has 4 atom stereocenters. The summed E-state index contributed by atoms with van der Waals surface area (Å²) in [6.45, 7) is 12.1.